The van der Waals surface area contributed by atoms with Crippen LogP contribution in [0.25, 0.3) is 0 Å². The molecule has 5 heteroatoms. The molecule has 0 aromatic heterocycles. The number of hydrogen-bond acceptors (Lipinski definition) is 2. The van der Waals surface area contributed by atoms with E-state index in [9.17, 15) is 4.79 Å². The van der Waals surface area contributed by atoms with Gasteiger partial charge in [-0.05, 0) is 50.8 Å². The van der Waals surface area contributed by atoms with Crippen LogP contribution in [0.3, 0.4) is 0 Å². The number of nitrogens with zero attached hydrogens (tertiary/aromatic N) is 1. The average molecular weight is 329 g/mol. The zero-order valence-electron chi connectivity index (χ0n) is 12.5. The van der Waals surface area contributed by atoms with Gasteiger partial charge in [0.05, 0.1) is 16.1 Å². The van der Waals surface area contributed by atoms with Crippen molar-refractivity contribution in [2.45, 2.75) is 45.2 Å². The first-order valence-electron chi connectivity index (χ1n) is 7.49. The summed E-state index contributed by atoms with van der Waals surface area (Å²) in [6, 6.07) is 5.41. The monoisotopic (exact) mass is 328 g/mol. The molecule has 116 valence electrons. The molecule has 1 heterocycles. The quantitative estimate of drug-likeness (QED) is 0.904. The predicted molar refractivity (Wildman–Crippen MR) is 87.9 cm³/mol. The van der Waals surface area contributed by atoms with Crippen LogP contribution in [0.15, 0.2) is 18.2 Å². The van der Waals surface area contributed by atoms with E-state index in [0.717, 1.165) is 31.5 Å². The van der Waals surface area contributed by atoms with E-state index in [1.807, 2.05) is 30.9 Å². The van der Waals surface area contributed by atoms with Crippen molar-refractivity contribution in [3.63, 3.8) is 0 Å². The fraction of sp³-hybridized carbons (Fsp3) is 0.562. The summed E-state index contributed by atoms with van der Waals surface area (Å²) >= 11 is 12.0. The molecule has 21 heavy (non-hydrogen) atoms. The minimum atomic E-state index is -0.201. The van der Waals surface area contributed by atoms with E-state index in [4.69, 9.17) is 23.2 Å². The zero-order chi connectivity index (χ0) is 15.4. The van der Waals surface area contributed by atoms with Gasteiger partial charge < -0.3 is 4.90 Å². The normalized spacial score (nSPS) is 18.4. The van der Waals surface area contributed by atoms with E-state index in [2.05, 4.69) is 5.32 Å². The molecule has 1 aromatic rings. The molecule has 0 saturated carbocycles. The maximum Gasteiger partial charge on any atom is 0.239 e. The molecule has 2 atom stereocenters. The standard InChI is InChI=1S/C16H22Cl2N2O/c1-11(13-6-7-14(17)15(18)10-13)19-12(2)16(21)20-8-4-3-5-9-20/h6-7,10-12,19H,3-5,8-9H2,1-2H3. The van der Waals surface area contributed by atoms with E-state index >= 15 is 0 Å². The molecule has 0 bridgehead atoms. The third kappa shape index (κ3) is 4.35. The molecule has 1 amide bonds. The Bertz CT molecular complexity index is 501. The summed E-state index contributed by atoms with van der Waals surface area (Å²) in [6.45, 7) is 5.71. The van der Waals surface area contributed by atoms with Gasteiger partial charge in [0.25, 0.3) is 0 Å². The van der Waals surface area contributed by atoms with Crippen LogP contribution < -0.4 is 5.32 Å². The number of carbonyl (C=O) groups is 1. The Morgan fingerprint density at radius 3 is 2.43 bits per heavy atom. The third-order valence-corrected chi connectivity index (χ3v) is 4.72. The van der Waals surface area contributed by atoms with Crippen molar-refractivity contribution in [1.82, 2.24) is 10.2 Å². The molecular weight excluding hydrogens is 307 g/mol. The highest BCUT2D eigenvalue weighted by molar-refractivity contribution is 6.42. The Balaban J connectivity index is 1.95. The maximum absolute atomic E-state index is 12.4. The van der Waals surface area contributed by atoms with Crippen LogP contribution in [0.1, 0.15) is 44.7 Å². The van der Waals surface area contributed by atoms with Crippen LogP contribution in [0, 0.1) is 0 Å². The van der Waals surface area contributed by atoms with Crippen molar-refractivity contribution in [1.29, 1.82) is 0 Å². The predicted octanol–water partition coefficient (Wildman–Crippen LogP) is 4.05. The zero-order valence-corrected chi connectivity index (χ0v) is 14.0. The van der Waals surface area contributed by atoms with Gasteiger partial charge >= 0.3 is 0 Å². The Kier molecular flexibility index (Phi) is 5.91. The van der Waals surface area contributed by atoms with Crippen molar-refractivity contribution in [3.05, 3.63) is 33.8 Å². The van der Waals surface area contributed by atoms with Crippen LogP contribution in [0.2, 0.25) is 10.0 Å². The van der Waals surface area contributed by atoms with Gasteiger partial charge in [-0.3, -0.25) is 10.1 Å². The molecule has 1 fully saturated rings. The lowest BCUT2D eigenvalue weighted by Crippen LogP contribution is -2.47. The van der Waals surface area contributed by atoms with Crippen LogP contribution in [-0.2, 0) is 4.79 Å². The molecule has 2 unspecified atom stereocenters. The third-order valence-electron chi connectivity index (χ3n) is 3.98. The highest BCUT2D eigenvalue weighted by atomic mass is 35.5. The van der Waals surface area contributed by atoms with Gasteiger partial charge in [0.1, 0.15) is 0 Å². The van der Waals surface area contributed by atoms with Gasteiger partial charge in [-0.2, -0.15) is 0 Å². The molecule has 1 aliphatic heterocycles. The van der Waals surface area contributed by atoms with E-state index < -0.39 is 0 Å². The number of benzene rings is 1. The van der Waals surface area contributed by atoms with Crippen LogP contribution in [-0.4, -0.2) is 29.9 Å². The van der Waals surface area contributed by atoms with Crippen molar-refractivity contribution >= 4 is 29.1 Å². The fourth-order valence-corrected chi connectivity index (χ4v) is 3.02. The SMILES string of the molecule is CC(NC(C)c1ccc(Cl)c(Cl)c1)C(=O)N1CCCCC1. The molecule has 0 radical (unpaired) electrons. The number of piperidine rings is 1. The lowest BCUT2D eigenvalue weighted by atomic mass is 10.1. The second kappa shape index (κ2) is 7.48. The van der Waals surface area contributed by atoms with Crippen LogP contribution in [0.5, 0.6) is 0 Å². The van der Waals surface area contributed by atoms with Gasteiger partial charge in [0.2, 0.25) is 5.91 Å². The van der Waals surface area contributed by atoms with Crippen molar-refractivity contribution < 1.29 is 4.79 Å². The molecule has 1 saturated heterocycles. The van der Waals surface area contributed by atoms with Gasteiger partial charge in [-0.1, -0.05) is 29.3 Å². The Morgan fingerprint density at radius 1 is 1.14 bits per heavy atom. The second-order valence-electron chi connectivity index (χ2n) is 5.67. The van der Waals surface area contributed by atoms with E-state index in [-0.39, 0.29) is 18.0 Å². The van der Waals surface area contributed by atoms with E-state index in [0.29, 0.717) is 10.0 Å². The summed E-state index contributed by atoms with van der Waals surface area (Å²) in [7, 11) is 0. The second-order valence-corrected chi connectivity index (χ2v) is 6.48. The Labute approximate surface area is 136 Å². The average Bonchev–Trinajstić information content (AvgIpc) is 2.50. The summed E-state index contributed by atoms with van der Waals surface area (Å²) in [5.41, 5.74) is 1.03. The largest absolute Gasteiger partial charge is 0.341 e. The highest BCUT2D eigenvalue weighted by Gasteiger charge is 2.23. The molecule has 0 aliphatic carbocycles. The van der Waals surface area contributed by atoms with Gasteiger partial charge in [-0.25, -0.2) is 0 Å². The van der Waals surface area contributed by atoms with Gasteiger partial charge in [-0.15, -0.1) is 0 Å². The summed E-state index contributed by atoms with van der Waals surface area (Å²) in [5, 5.41) is 4.43. The van der Waals surface area contributed by atoms with Crippen molar-refractivity contribution in [2.24, 2.45) is 0 Å². The molecule has 3 nitrogen and oxygen atoms in total. The van der Waals surface area contributed by atoms with E-state index in [1.54, 1.807) is 6.07 Å². The Morgan fingerprint density at radius 2 is 1.81 bits per heavy atom. The fourth-order valence-electron chi connectivity index (χ4n) is 2.71. The topological polar surface area (TPSA) is 32.3 Å². The molecule has 1 aromatic carbocycles. The minimum Gasteiger partial charge on any atom is -0.341 e. The maximum atomic E-state index is 12.4. The number of nitrogens with one attached hydrogen (secondary N) is 1. The molecule has 1 aliphatic rings. The summed E-state index contributed by atoms with van der Waals surface area (Å²) in [4.78, 5) is 14.4. The highest BCUT2D eigenvalue weighted by Crippen LogP contribution is 2.25. The number of likely N-dealkylation sites (tertiary alicyclic amines) is 1. The first kappa shape index (κ1) is 16.6. The Hall–Kier alpha value is -0.770. The lowest BCUT2D eigenvalue weighted by molar-refractivity contribution is -0.134. The van der Waals surface area contributed by atoms with Gasteiger partial charge in [0.15, 0.2) is 0 Å². The molecule has 2 rings (SSSR count). The first-order valence-corrected chi connectivity index (χ1v) is 8.24. The van der Waals surface area contributed by atoms with Crippen LogP contribution >= 0.6 is 23.2 Å². The molecule has 0 spiro atoms. The number of rotatable bonds is 4. The lowest BCUT2D eigenvalue weighted by Gasteiger charge is -2.30. The van der Waals surface area contributed by atoms with E-state index in [1.165, 1.54) is 6.42 Å². The number of halogens is 2. The van der Waals surface area contributed by atoms with Gasteiger partial charge in [0, 0.05) is 19.1 Å². The number of amides is 1. The first-order chi connectivity index (χ1) is 9.99. The number of hydrogen-bond donors (Lipinski definition) is 1. The summed E-state index contributed by atoms with van der Waals surface area (Å²) < 4.78 is 0. The smallest absolute Gasteiger partial charge is 0.239 e. The minimum absolute atomic E-state index is 0.0449. The summed E-state index contributed by atoms with van der Waals surface area (Å²) in [6.07, 6.45) is 3.45. The van der Waals surface area contributed by atoms with Crippen molar-refractivity contribution in [2.75, 3.05) is 13.1 Å². The van der Waals surface area contributed by atoms with Crippen LogP contribution in [0.4, 0.5) is 0 Å². The molecular formula is C16H22Cl2N2O. The molecule has 1 N–H and O–H groups in total. The van der Waals surface area contributed by atoms with Crippen molar-refractivity contribution in [3.8, 4) is 0 Å². The summed E-state index contributed by atoms with van der Waals surface area (Å²) in [5.74, 6) is 0.182. The number of carbonyl (C=O) groups excluding carboxylic acids is 1.